The van der Waals surface area contributed by atoms with Crippen molar-refractivity contribution in [3.63, 3.8) is 0 Å². The first-order valence-electron chi connectivity index (χ1n) is 7.59. The smallest absolute Gasteiger partial charge is 0.0606 e. The Labute approximate surface area is 140 Å². The maximum Gasteiger partial charge on any atom is 0.0606 e. The lowest BCUT2D eigenvalue weighted by Gasteiger charge is -2.35. The van der Waals surface area contributed by atoms with Crippen molar-refractivity contribution in [2.75, 3.05) is 37.6 Å². The van der Waals surface area contributed by atoms with Gasteiger partial charge in [-0.3, -0.25) is 4.90 Å². The largest absolute Gasteiger partial charge is 0.368 e. The minimum Gasteiger partial charge on any atom is -0.368 e. The zero-order chi connectivity index (χ0) is 15.2. The Kier molecular flexibility index (Phi) is 5.15. The van der Waals surface area contributed by atoms with Crippen molar-refractivity contribution >= 4 is 21.6 Å². The third-order valence-corrected chi connectivity index (χ3v) is 4.55. The van der Waals surface area contributed by atoms with Crippen LogP contribution < -0.4 is 4.90 Å². The molecule has 0 unspecified atom stereocenters. The van der Waals surface area contributed by atoms with Gasteiger partial charge in [-0.25, -0.2) is 0 Å². The van der Waals surface area contributed by atoms with E-state index in [1.807, 2.05) is 18.2 Å². The molecule has 0 saturated carbocycles. The van der Waals surface area contributed by atoms with Crippen LogP contribution in [-0.4, -0.2) is 37.6 Å². The lowest BCUT2D eigenvalue weighted by molar-refractivity contribution is 0.288. The molecular weight excluding hydrogens is 336 g/mol. The summed E-state index contributed by atoms with van der Waals surface area (Å²) >= 11 is 3.64. The Morgan fingerprint density at radius 1 is 0.864 bits per heavy atom. The molecule has 0 amide bonds. The zero-order valence-electron chi connectivity index (χ0n) is 12.5. The van der Waals surface area contributed by atoms with Gasteiger partial charge < -0.3 is 4.90 Å². The second kappa shape index (κ2) is 7.49. The van der Waals surface area contributed by atoms with Gasteiger partial charge >= 0.3 is 0 Å². The molecule has 0 aliphatic carbocycles. The van der Waals surface area contributed by atoms with Crippen molar-refractivity contribution in [1.29, 1.82) is 0 Å². The molecule has 3 heteroatoms. The van der Waals surface area contributed by atoms with E-state index < -0.39 is 0 Å². The van der Waals surface area contributed by atoms with E-state index >= 15 is 0 Å². The van der Waals surface area contributed by atoms with E-state index in [0.29, 0.717) is 0 Å². The molecule has 1 fully saturated rings. The summed E-state index contributed by atoms with van der Waals surface area (Å²) in [6, 6.07) is 18.6. The van der Waals surface area contributed by atoms with Crippen LogP contribution in [0.15, 0.2) is 59.1 Å². The topological polar surface area (TPSA) is 6.48 Å². The number of halogens is 1. The van der Waals surface area contributed by atoms with E-state index in [1.54, 1.807) is 0 Å². The number of rotatable bonds is 2. The molecule has 2 aromatic carbocycles. The van der Waals surface area contributed by atoms with Gasteiger partial charge in [-0.05, 0) is 40.2 Å². The van der Waals surface area contributed by atoms with Crippen LogP contribution in [0.3, 0.4) is 0 Å². The van der Waals surface area contributed by atoms with Crippen LogP contribution in [0.4, 0.5) is 5.69 Å². The van der Waals surface area contributed by atoms with Crippen LogP contribution in [0.25, 0.3) is 0 Å². The molecule has 0 N–H and O–H groups in total. The van der Waals surface area contributed by atoms with Crippen LogP contribution in [0.5, 0.6) is 0 Å². The molecule has 0 bridgehead atoms. The summed E-state index contributed by atoms with van der Waals surface area (Å²) in [5.41, 5.74) is 2.38. The molecule has 112 valence electrons. The summed E-state index contributed by atoms with van der Waals surface area (Å²) in [6.45, 7) is 5.07. The van der Waals surface area contributed by atoms with Gasteiger partial charge in [0, 0.05) is 36.2 Å². The lowest BCUT2D eigenvalue weighted by Crippen LogP contribution is -2.46. The minimum atomic E-state index is 0.846. The molecule has 22 heavy (non-hydrogen) atoms. The predicted octanol–water partition coefficient (Wildman–Crippen LogP) is 3.62. The Hall–Kier alpha value is -1.76. The first kappa shape index (κ1) is 15.1. The molecule has 0 aromatic heterocycles. The number of piperazine rings is 1. The van der Waals surface area contributed by atoms with Crippen molar-refractivity contribution < 1.29 is 0 Å². The predicted molar refractivity (Wildman–Crippen MR) is 96.1 cm³/mol. The SMILES string of the molecule is Brc1ccccc1N1CCN(CC#Cc2ccccc2)CC1. The van der Waals surface area contributed by atoms with E-state index in [4.69, 9.17) is 0 Å². The molecule has 3 rings (SSSR count). The fourth-order valence-corrected chi connectivity index (χ4v) is 3.17. The summed E-state index contributed by atoms with van der Waals surface area (Å²) in [6.07, 6.45) is 0. The van der Waals surface area contributed by atoms with E-state index in [0.717, 1.165) is 38.3 Å². The summed E-state index contributed by atoms with van der Waals surface area (Å²) in [4.78, 5) is 4.86. The fraction of sp³-hybridized carbons (Fsp3) is 0.263. The molecular formula is C19H19BrN2. The number of para-hydroxylation sites is 1. The number of anilines is 1. The van der Waals surface area contributed by atoms with Crippen molar-refractivity contribution in [2.45, 2.75) is 0 Å². The van der Waals surface area contributed by atoms with E-state index in [9.17, 15) is 0 Å². The van der Waals surface area contributed by atoms with Crippen molar-refractivity contribution in [1.82, 2.24) is 4.90 Å². The van der Waals surface area contributed by atoms with Crippen LogP contribution in [0.1, 0.15) is 5.56 Å². The number of hydrogen-bond donors (Lipinski definition) is 0. The maximum absolute atomic E-state index is 3.64. The van der Waals surface area contributed by atoms with Crippen LogP contribution >= 0.6 is 15.9 Å². The molecule has 1 saturated heterocycles. The molecule has 0 radical (unpaired) electrons. The average molecular weight is 355 g/mol. The summed E-state index contributed by atoms with van der Waals surface area (Å²) in [5.74, 6) is 6.52. The second-order valence-corrected chi connectivity index (χ2v) is 6.24. The molecule has 1 heterocycles. The van der Waals surface area contributed by atoms with Crippen molar-refractivity contribution in [3.8, 4) is 11.8 Å². The third-order valence-electron chi connectivity index (χ3n) is 3.87. The minimum absolute atomic E-state index is 0.846. The highest BCUT2D eigenvalue weighted by Gasteiger charge is 2.17. The van der Waals surface area contributed by atoms with Crippen molar-refractivity contribution in [3.05, 3.63) is 64.6 Å². The Bertz CT molecular complexity index is 665. The summed E-state index contributed by atoms with van der Waals surface area (Å²) in [5, 5.41) is 0. The highest BCUT2D eigenvalue weighted by Crippen LogP contribution is 2.26. The Morgan fingerprint density at radius 3 is 2.27 bits per heavy atom. The van der Waals surface area contributed by atoms with Gasteiger partial charge in [0.05, 0.1) is 12.2 Å². The first-order valence-corrected chi connectivity index (χ1v) is 8.38. The Balaban J connectivity index is 1.52. The van der Waals surface area contributed by atoms with Gasteiger partial charge in [-0.2, -0.15) is 0 Å². The summed E-state index contributed by atoms with van der Waals surface area (Å²) < 4.78 is 1.17. The Morgan fingerprint density at radius 2 is 1.55 bits per heavy atom. The number of nitrogens with zero attached hydrogens (tertiary/aromatic N) is 2. The quantitative estimate of drug-likeness (QED) is 0.760. The van der Waals surface area contributed by atoms with Gasteiger partial charge in [-0.15, -0.1) is 0 Å². The zero-order valence-corrected chi connectivity index (χ0v) is 14.1. The van der Waals surface area contributed by atoms with E-state index in [2.05, 4.69) is 74.0 Å². The fourth-order valence-electron chi connectivity index (χ4n) is 2.63. The van der Waals surface area contributed by atoms with Gasteiger partial charge in [0.25, 0.3) is 0 Å². The molecule has 0 atom stereocenters. The van der Waals surface area contributed by atoms with Gasteiger partial charge in [-0.1, -0.05) is 42.2 Å². The maximum atomic E-state index is 3.64. The number of hydrogen-bond acceptors (Lipinski definition) is 2. The standard InChI is InChI=1S/C19H19BrN2/c20-18-10-4-5-11-19(18)22-15-13-21(14-16-22)12-6-9-17-7-2-1-3-8-17/h1-5,7-8,10-11H,12-16H2. The molecule has 0 spiro atoms. The van der Waals surface area contributed by atoms with Crippen molar-refractivity contribution in [2.24, 2.45) is 0 Å². The molecule has 1 aliphatic heterocycles. The summed E-state index contributed by atoms with van der Waals surface area (Å²) in [7, 11) is 0. The monoisotopic (exact) mass is 354 g/mol. The van der Waals surface area contributed by atoms with E-state index in [-0.39, 0.29) is 0 Å². The first-order chi connectivity index (χ1) is 10.8. The number of benzene rings is 2. The molecule has 1 aliphatic rings. The highest BCUT2D eigenvalue weighted by atomic mass is 79.9. The van der Waals surface area contributed by atoms with Crippen LogP contribution in [0.2, 0.25) is 0 Å². The lowest BCUT2D eigenvalue weighted by atomic mass is 10.2. The average Bonchev–Trinajstić information content (AvgIpc) is 2.57. The van der Waals surface area contributed by atoms with Crippen LogP contribution in [0, 0.1) is 11.8 Å². The third kappa shape index (κ3) is 3.91. The second-order valence-electron chi connectivity index (χ2n) is 5.38. The van der Waals surface area contributed by atoms with Gasteiger partial charge in [0.2, 0.25) is 0 Å². The highest BCUT2D eigenvalue weighted by molar-refractivity contribution is 9.10. The molecule has 2 aromatic rings. The molecule has 2 nitrogen and oxygen atoms in total. The normalized spacial score (nSPS) is 15.2. The van der Waals surface area contributed by atoms with Crippen LogP contribution in [-0.2, 0) is 0 Å². The van der Waals surface area contributed by atoms with E-state index in [1.165, 1.54) is 10.2 Å². The van der Waals surface area contributed by atoms with Gasteiger partial charge in [0.15, 0.2) is 0 Å². The van der Waals surface area contributed by atoms with Gasteiger partial charge in [0.1, 0.15) is 0 Å².